The van der Waals surface area contributed by atoms with E-state index in [4.69, 9.17) is 0 Å². The Hall–Kier alpha value is -1.69. The van der Waals surface area contributed by atoms with Crippen LogP contribution < -0.4 is 15.9 Å². The van der Waals surface area contributed by atoms with Gasteiger partial charge in [-0.1, -0.05) is 67.7 Å². The molecule has 0 aromatic heterocycles. The Bertz CT molecular complexity index is 627. The summed E-state index contributed by atoms with van der Waals surface area (Å²) in [6.07, 6.45) is 0. The van der Waals surface area contributed by atoms with Gasteiger partial charge in [0.2, 0.25) is 0 Å². The van der Waals surface area contributed by atoms with E-state index in [1.165, 1.54) is 21.7 Å². The third-order valence-corrected chi connectivity index (χ3v) is 12.1. The van der Waals surface area contributed by atoms with Gasteiger partial charge < -0.3 is 0 Å². The van der Waals surface area contributed by atoms with Crippen molar-refractivity contribution in [1.82, 2.24) is 0 Å². The molecule has 0 N–H and O–H groups in total. The van der Waals surface area contributed by atoms with Crippen molar-refractivity contribution in [1.29, 1.82) is 0 Å². The molecule has 0 aliphatic carbocycles. The van der Waals surface area contributed by atoms with Crippen LogP contribution in [0.4, 0.5) is 0 Å². The number of rotatable bonds is 5. The molecule has 0 atom stereocenters. The van der Waals surface area contributed by atoms with Gasteiger partial charge in [0.25, 0.3) is 0 Å². The molecule has 3 rings (SSSR count). The molecule has 0 saturated heterocycles. The summed E-state index contributed by atoms with van der Waals surface area (Å²) in [5.41, 5.74) is 0. The molecule has 0 saturated carbocycles. The molecule has 1 radical (unpaired) electrons. The molecule has 0 unspecified atom stereocenters. The second-order valence-electron chi connectivity index (χ2n) is 6.18. The maximum Gasteiger partial charge on any atom is 0.108 e. The van der Waals surface area contributed by atoms with Gasteiger partial charge in [-0.3, -0.25) is 0 Å². The van der Waals surface area contributed by atoms with E-state index in [2.05, 4.69) is 104 Å². The fourth-order valence-corrected chi connectivity index (χ4v) is 12.2. The Kier molecular flexibility index (Phi) is 5.10. The van der Waals surface area contributed by atoms with Crippen molar-refractivity contribution >= 4 is 32.0 Å². The molecule has 2 heteroatoms. The van der Waals surface area contributed by atoms with Crippen LogP contribution in [0.15, 0.2) is 91.0 Å². The highest BCUT2D eigenvalue weighted by Crippen LogP contribution is 2.55. The first kappa shape index (κ1) is 16.2. The van der Waals surface area contributed by atoms with Crippen LogP contribution in [0.2, 0.25) is 13.1 Å². The van der Waals surface area contributed by atoms with Gasteiger partial charge in [-0.05, 0) is 36.4 Å². The fourth-order valence-electron chi connectivity index (χ4n) is 3.24. The van der Waals surface area contributed by atoms with Gasteiger partial charge in [-0.25, -0.2) is 0 Å². The lowest BCUT2D eigenvalue weighted by Gasteiger charge is -2.28. The van der Waals surface area contributed by atoms with E-state index in [1.54, 1.807) is 0 Å². The Balaban J connectivity index is 2.30. The van der Waals surface area contributed by atoms with Crippen LogP contribution in [-0.2, 0) is 0 Å². The lowest BCUT2D eigenvalue weighted by Crippen LogP contribution is -2.36. The zero-order chi connectivity index (χ0) is 16.1. The third kappa shape index (κ3) is 3.32. The molecule has 0 heterocycles. The van der Waals surface area contributed by atoms with Gasteiger partial charge in [0.15, 0.2) is 0 Å². The standard InChI is InChI=1S/C21H23PSi/c1-23(2)18-22(19-12-6-3-7-13-19,20-14-8-4-9-15-20)21-16-10-5-11-17-21/h3-17H,18H2,1-2H3/q+1. The van der Waals surface area contributed by atoms with E-state index in [-0.39, 0.29) is 8.80 Å². The Labute approximate surface area is 142 Å². The van der Waals surface area contributed by atoms with Gasteiger partial charge in [0.05, 0.1) is 14.6 Å². The summed E-state index contributed by atoms with van der Waals surface area (Å²) in [5, 5.41) is 4.51. The van der Waals surface area contributed by atoms with E-state index in [0.717, 1.165) is 0 Å². The molecule has 0 aliphatic heterocycles. The van der Waals surface area contributed by atoms with Gasteiger partial charge in [0, 0.05) is 0 Å². The smallest absolute Gasteiger partial charge is 0.0679 e. The van der Waals surface area contributed by atoms with Crippen LogP contribution in [0.3, 0.4) is 0 Å². The minimum absolute atomic E-state index is 0.383. The number of benzene rings is 3. The van der Waals surface area contributed by atoms with Crippen LogP contribution in [0.1, 0.15) is 0 Å². The van der Waals surface area contributed by atoms with Crippen molar-refractivity contribution in [2.45, 2.75) is 13.1 Å². The summed E-state index contributed by atoms with van der Waals surface area (Å²) in [5.74, 6) is 1.30. The monoisotopic (exact) mass is 334 g/mol. The minimum Gasteiger partial charge on any atom is -0.0679 e. The minimum atomic E-state index is -1.56. The molecule has 0 amide bonds. The van der Waals surface area contributed by atoms with Crippen LogP contribution in [0, 0.1) is 0 Å². The Morgan fingerprint density at radius 2 is 0.870 bits per heavy atom. The molecule has 23 heavy (non-hydrogen) atoms. The van der Waals surface area contributed by atoms with Crippen molar-refractivity contribution in [2.24, 2.45) is 0 Å². The van der Waals surface area contributed by atoms with E-state index in [1.807, 2.05) is 0 Å². The highest BCUT2D eigenvalue weighted by atomic mass is 31.2. The largest absolute Gasteiger partial charge is 0.108 e. The molecule has 0 fully saturated rings. The van der Waals surface area contributed by atoms with Gasteiger partial charge in [-0.15, -0.1) is 0 Å². The second kappa shape index (κ2) is 7.25. The van der Waals surface area contributed by atoms with Crippen molar-refractivity contribution in [3.8, 4) is 0 Å². The lowest BCUT2D eigenvalue weighted by molar-refractivity contribution is 1.69. The molecular formula is C21H23PSi+. The Morgan fingerprint density at radius 3 is 1.13 bits per heavy atom. The summed E-state index contributed by atoms with van der Waals surface area (Å²) in [4.78, 5) is 0. The van der Waals surface area contributed by atoms with Crippen LogP contribution >= 0.6 is 7.26 Å². The molecule has 115 valence electrons. The van der Waals surface area contributed by atoms with Crippen molar-refractivity contribution in [3.63, 3.8) is 0 Å². The first-order valence-corrected chi connectivity index (χ1v) is 12.8. The number of hydrogen-bond acceptors (Lipinski definition) is 0. The maximum absolute atomic E-state index is 2.44. The van der Waals surface area contributed by atoms with Gasteiger partial charge in [0.1, 0.15) is 23.2 Å². The fraction of sp³-hybridized carbons (Fsp3) is 0.143. The average molecular weight is 334 g/mol. The SMILES string of the molecule is C[Si](C)C[P+](c1ccccc1)(c1ccccc1)c1ccccc1. The van der Waals surface area contributed by atoms with Crippen molar-refractivity contribution in [2.75, 3.05) is 5.79 Å². The summed E-state index contributed by atoms with van der Waals surface area (Å²) < 4.78 is 0. The van der Waals surface area contributed by atoms with Gasteiger partial charge >= 0.3 is 0 Å². The lowest BCUT2D eigenvalue weighted by atomic mass is 10.4. The van der Waals surface area contributed by atoms with Crippen molar-refractivity contribution < 1.29 is 0 Å². The molecular weight excluding hydrogens is 311 g/mol. The predicted molar refractivity (Wildman–Crippen MR) is 107 cm³/mol. The summed E-state index contributed by atoms with van der Waals surface area (Å²) >= 11 is 0. The molecule has 0 bridgehead atoms. The predicted octanol–water partition coefficient (Wildman–Crippen LogP) is 4.27. The highest BCUT2D eigenvalue weighted by Gasteiger charge is 2.45. The summed E-state index contributed by atoms with van der Waals surface area (Å²) in [6, 6.07) is 33.5. The molecule has 3 aromatic carbocycles. The van der Waals surface area contributed by atoms with E-state index < -0.39 is 7.26 Å². The second-order valence-corrected chi connectivity index (χ2v) is 13.0. The van der Waals surface area contributed by atoms with Crippen LogP contribution in [0.25, 0.3) is 0 Å². The zero-order valence-corrected chi connectivity index (χ0v) is 15.7. The normalized spacial score (nSPS) is 11.6. The molecule has 3 aromatic rings. The average Bonchev–Trinajstić information content (AvgIpc) is 2.62. The first-order valence-electron chi connectivity index (χ1n) is 8.07. The highest BCUT2D eigenvalue weighted by molar-refractivity contribution is 7.96. The van der Waals surface area contributed by atoms with Crippen molar-refractivity contribution in [3.05, 3.63) is 91.0 Å². The summed E-state index contributed by atoms with van der Waals surface area (Å²) in [7, 11) is -1.95. The van der Waals surface area contributed by atoms with Crippen LogP contribution in [-0.4, -0.2) is 14.6 Å². The third-order valence-electron chi connectivity index (χ3n) is 4.14. The number of hydrogen-bond donors (Lipinski definition) is 0. The van der Waals surface area contributed by atoms with Gasteiger partial charge in [-0.2, -0.15) is 0 Å². The van der Waals surface area contributed by atoms with E-state index >= 15 is 0 Å². The zero-order valence-electron chi connectivity index (χ0n) is 13.8. The van der Waals surface area contributed by atoms with E-state index in [0.29, 0.717) is 0 Å². The van der Waals surface area contributed by atoms with E-state index in [9.17, 15) is 0 Å². The molecule has 0 aliphatic rings. The topological polar surface area (TPSA) is 0 Å². The quantitative estimate of drug-likeness (QED) is 0.483. The summed E-state index contributed by atoms with van der Waals surface area (Å²) in [6.45, 7) is 4.88. The maximum atomic E-state index is 2.44. The first-order chi connectivity index (χ1) is 11.2. The molecule has 0 nitrogen and oxygen atoms in total. The molecule has 0 spiro atoms. The van der Waals surface area contributed by atoms with Crippen LogP contribution in [0.5, 0.6) is 0 Å². The Morgan fingerprint density at radius 1 is 0.565 bits per heavy atom.